The van der Waals surface area contributed by atoms with Crippen molar-refractivity contribution >= 4 is 11.9 Å². The third-order valence-corrected chi connectivity index (χ3v) is 3.14. The molecule has 0 bridgehead atoms. The Labute approximate surface area is 132 Å². The molecule has 1 N–H and O–H groups in total. The van der Waals surface area contributed by atoms with Crippen LogP contribution in [0.2, 0.25) is 0 Å². The molecule has 0 unspecified atom stereocenters. The summed E-state index contributed by atoms with van der Waals surface area (Å²) in [5.74, 6) is -0.720. The molecule has 5 nitrogen and oxygen atoms in total. The smallest absolute Gasteiger partial charge is 0.331 e. The zero-order valence-electron chi connectivity index (χ0n) is 13.2. The topological polar surface area (TPSA) is 60.9 Å². The van der Waals surface area contributed by atoms with Gasteiger partial charge in [-0.2, -0.15) is 0 Å². The van der Waals surface area contributed by atoms with Gasteiger partial charge in [0, 0.05) is 38.2 Å². The first-order valence-corrected chi connectivity index (χ1v) is 7.23. The van der Waals surface area contributed by atoms with Crippen molar-refractivity contribution < 1.29 is 14.7 Å². The number of carboxylic acid groups (broad SMARTS) is 1. The van der Waals surface area contributed by atoms with Gasteiger partial charge in [-0.15, -0.1) is 13.2 Å². The predicted octanol–water partition coefficient (Wildman–Crippen LogP) is 2.44. The summed E-state index contributed by atoms with van der Waals surface area (Å²) in [4.78, 5) is 24.8. The SMILES string of the molecule is C=CCN(CC=C)CCC(=C)C(=O)O.C=CN1CCCC1=O. The number of carbonyl (C=O) groups is 2. The fourth-order valence-electron chi connectivity index (χ4n) is 1.88. The summed E-state index contributed by atoms with van der Waals surface area (Å²) in [5.41, 5.74) is 0.239. The third kappa shape index (κ3) is 8.21. The number of amides is 1. The highest BCUT2D eigenvalue weighted by molar-refractivity contribution is 5.85. The van der Waals surface area contributed by atoms with Crippen LogP contribution in [0, 0.1) is 0 Å². The normalized spacial score (nSPS) is 13.3. The summed E-state index contributed by atoms with van der Waals surface area (Å²) < 4.78 is 0. The number of hydrogen-bond donors (Lipinski definition) is 1. The molecule has 0 aromatic rings. The van der Waals surface area contributed by atoms with Crippen LogP contribution in [0.4, 0.5) is 0 Å². The standard InChI is InChI=1S/C11H17NO2.C6H9NO/c1-4-7-12(8-5-2)9-6-10(3)11(13)14;1-2-7-5-3-4-6(7)8/h4-5H,1-3,6-9H2,(H,13,14);2H,1,3-5H2. The molecule has 0 atom stereocenters. The molecular weight excluding hydrogens is 280 g/mol. The number of likely N-dealkylation sites (tertiary alicyclic amines) is 1. The Hall–Kier alpha value is -2.14. The van der Waals surface area contributed by atoms with Crippen molar-refractivity contribution in [2.45, 2.75) is 19.3 Å². The highest BCUT2D eigenvalue weighted by Crippen LogP contribution is 2.08. The summed E-state index contributed by atoms with van der Waals surface area (Å²) in [6, 6.07) is 0. The molecule has 1 rings (SSSR count). The molecule has 0 aliphatic carbocycles. The molecule has 22 heavy (non-hydrogen) atoms. The van der Waals surface area contributed by atoms with Crippen LogP contribution in [0.1, 0.15) is 19.3 Å². The molecule has 1 aliphatic heterocycles. The van der Waals surface area contributed by atoms with Crippen molar-refractivity contribution in [3.8, 4) is 0 Å². The molecule has 1 aliphatic rings. The Bertz CT molecular complexity index is 420. The molecule has 0 radical (unpaired) electrons. The lowest BCUT2D eigenvalue weighted by Gasteiger charge is -2.18. The van der Waals surface area contributed by atoms with Crippen molar-refractivity contribution in [2.24, 2.45) is 0 Å². The van der Waals surface area contributed by atoms with Crippen molar-refractivity contribution in [1.29, 1.82) is 0 Å². The lowest BCUT2D eigenvalue weighted by atomic mass is 10.2. The van der Waals surface area contributed by atoms with Gasteiger partial charge in [0.25, 0.3) is 0 Å². The second-order valence-corrected chi connectivity index (χ2v) is 4.87. The minimum Gasteiger partial charge on any atom is -0.478 e. The molecule has 0 aromatic carbocycles. The zero-order valence-corrected chi connectivity index (χ0v) is 13.2. The Morgan fingerprint density at radius 2 is 1.86 bits per heavy atom. The second kappa shape index (κ2) is 11.5. The molecule has 0 aromatic heterocycles. The number of carboxylic acids is 1. The van der Waals surface area contributed by atoms with Crippen LogP contribution in [0.5, 0.6) is 0 Å². The molecule has 1 fully saturated rings. The van der Waals surface area contributed by atoms with Gasteiger partial charge in [-0.3, -0.25) is 9.69 Å². The molecule has 1 amide bonds. The van der Waals surface area contributed by atoms with Crippen LogP contribution >= 0.6 is 0 Å². The fourth-order valence-corrected chi connectivity index (χ4v) is 1.88. The van der Waals surface area contributed by atoms with Gasteiger partial charge in [0.2, 0.25) is 5.91 Å². The monoisotopic (exact) mass is 306 g/mol. The molecule has 122 valence electrons. The molecular formula is C17H26N2O3. The zero-order chi connectivity index (χ0) is 17.0. The van der Waals surface area contributed by atoms with Gasteiger partial charge >= 0.3 is 5.97 Å². The maximum atomic E-state index is 10.7. The van der Waals surface area contributed by atoms with E-state index in [9.17, 15) is 9.59 Å². The van der Waals surface area contributed by atoms with E-state index in [1.165, 1.54) is 0 Å². The number of nitrogens with zero attached hydrogens (tertiary/aromatic N) is 2. The quantitative estimate of drug-likeness (QED) is 0.525. The first-order valence-electron chi connectivity index (χ1n) is 7.23. The number of hydrogen-bond acceptors (Lipinski definition) is 3. The Morgan fingerprint density at radius 3 is 2.18 bits per heavy atom. The van der Waals surface area contributed by atoms with Crippen molar-refractivity contribution in [2.75, 3.05) is 26.2 Å². The van der Waals surface area contributed by atoms with Gasteiger partial charge in [-0.25, -0.2) is 4.79 Å². The van der Waals surface area contributed by atoms with Gasteiger partial charge < -0.3 is 10.0 Å². The first kappa shape index (κ1) is 19.9. The molecule has 1 heterocycles. The van der Waals surface area contributed by atoms with Crippen molar-refractivity contribution in [3.63, 3.8) is 0 Å². The van der Waals surface area contributed by atoms with E-state index in [1.54, 1.807) is 23.3 Å². The first-order chi connectivity index (χ1) is 10.5. The average Bonchev–Trinajstić information content (AvgIpc) is 2.90. The van der Waals surface area contributed by atoms with E-state index in [0.29, 0.717) is 19.4 Å². The van der Waals surface area contributed by atoms with E-state index in [0.717, 1.165) is 26.1 Å². The van der Waals surface area contributed by atoms with Crippen molar-refractivity contribution in [1.82, 2.24) is 9.80 Å². The predicted molar refractivity (Wildman–Crippen MR) is 89.4 cm³/mol. The van der Waals surface area contributed by atoms with Gasteiger partial charge in [-0.1, -0.05) is 25.3 Å². The van der Waals surface area contributed by atoms with E-state index in [-0.39, 0.29) is 11.5 Å². The molecule has 1 saturated heterocycles. The van der Waals surface area contributed by atoms with E-state index in [1.807, 2.05) is 4.90 Å². The Balaban J connectivity index is 0.000000461. The van der Waals surface area contributed by atoms with Gasteiger partial charge in [0.15, 0.2) is 0 Å². The van der Waals surface area contributed by atoms with Crippen LogP contribution in [0.15, 0.2) is 50.2 Å². The Morgan fingerprint density at radius 1 is 1.27 bits per heavy atom. The maximum absolute atomic E-state index is 10.7. The van der Waals surface area contributed by atoms with E-state index in [2.05, 4.69) is 26.3 Å². The van der Waals surface area contributed by atoms with Gasteiger partial charge in [0.1, 0.15) is 0 Å². The molecule has 0 saturated carbocycles. The lowest BCUT2D eigenvalue weighted by molar-refractivity contribution is -0.132. The van der Waals surface area contributed by atoms with Crippen LogP contribution in [0.25, 0.3) is 0 Å². The van der Waals surface area contributed by atoms with E-state index in [4.69, 9.17) is 5.11 Å². The van der Waals surface area contributed by atoms with Gasteiger partial charge in [0.05, 0.1) is 0 Å². The van der Waals surface area contributed by atoms with Crippen LogP contribution in [-0.2, 0) is 9.59 Å². The summed E-state index contributed by atoms with van der Waals surface area (Å²) in [7, 11) is 0. The van der Waals surface area contributed by atoms with E-state index >= 15 is 0 Å². The number of carbonyl (C=O) groups excluding carboxylic acids is 1. The summed E-state index contributed by atoms with van der Waals surface area (Å²) in [6.45, 7) is 17.2. The lowest BCUT2D eigenvalue weighted by Crippen LogP contribution is -2.25. The van der Waals surface area contributed by atoms with Crippen molar-refractivity contribution in [3.05, 3.63) is 50.2 Å². The second-order valence-electron chi connectivity index (χ2n) is 4.87. The van der Waals surface area contributed by atoms with Crippen LogP contribution in [-0.4, -0.2) is 53.0 Å². The minimum atomic E-state index is -0.929. The highest BCUT2D eigenvalue weighted by Gasteiger charge is 2.16. The molecule has 5 heteroatoms. The Kier molecular flexibility index (Phi) is 10.4. The third-order valence-electron chi connectivity index (χ3n) is 3.14. The number of aliphatic carboxylic acids is 1. The summed E-state index contributed by atoms with van der Waals surface area (Å²) in [6.07, 6.45) is 7.32. The van der Waals surface area contributed by atoms with E-state index < -0.39 is 5.97 Å². The largest absolute Gasteiger partial charge is 0.478 e. The fraction of sp³-hybridized carbons (Fsp3) is 0.412. The van der Waals surface area contributed by atoms with Gasteiger partial charge in [-0.05, 0) is 19.0 Å². The highest BCUT2D eigenvalue weighted by atomic mass is 16.4. The summed E-state index contributed by atoms with van der Waals surface area (Å²) >= 11 is 0. The maximum Gasteiger partial charge on any atom is 0.331 e. The summed E-state index contributed by atoms with van der Waals surface area (Å²) in [5, 5.41) is 8.60. The van der Waals surface area contributed by atoms with Crippen LogP contribution < -0.4 is 0 Å². The number of rotatable bonds is 9. The van der Waals surface area contributed by atoms with Crippen LogP contribution in [0.3, 0.4) is 0 Å². The molecule has 0 spiro atoms. The minimum absolute atomic E-state index is 0.208. The average molecular weight is 306 g/mol.